The maximum Gasteiger partial charge on any atom is 0.317 e. The van der Waals surface area contributed by atoms with Gasteiger partial charge in [-0.2, -0.15) is 0 Å². The monoisotopic (exact) mass is 298 g/mol. The van der Waals surface area contributed by atoms with Crippen LogP contribution in [0.1, 0.15) is 38.5 Å². The van der Waals surface area contributed by atoms with E-state index in [0.717, 1.165) is 25.7 Å². The average molecular weight is 298 g/mol. The summed E-state index contributed by atoms with van der Waals surface area (Å²) in [6.45, 7) is 0.264. The number of ether oxygens (including phenoxy) is 1. The zero-order valence-corrected chi connectivity index (χ0v) is 12.2. The van der Waals surface area contributed by atoms with Gasteiger partial charge in [0.05, 0.1) is 13.5 Å². The van der Waals surface area contributed by atoms with Crippen LogP contribution in [0.25, 0.3) is 0 Å². The molecule has 0 aromatic carbocycles. The van der Waals surface area contributed by atoms with Crippen LogP contribution < -0.4 is 5.32 Å². The molecule has 0 aromatic rings. The number of methoxy groups -OCH3 is 1. The number of piperidine rings is 1. The van der Waals surface area contributed by atoms with E-state index in [4.69, 9.17) is 5.11 Å². The molecule has 2 amide bonds. The van der Waals surface area contributed by atoms with E-state index in [1.54, 1.807) is 0 Å². The number of amides is 2. The first kappa shape index (κ1) is 15.6. The quantitative estimate of drug-likeness (QED) is 0.737. The molecule has 21 heavy (non-hydrogen) atoms. The average Bonchev–Trinajstić information content (AvgIpc) is 2.69. The second-order valence-corrected chi connectivity index (χ2v) is 5.79. The van der Waals surface area contributed by atoms with Crippen LogP contribution >= 0.6 is 0 Å². The first-order valence-corrected chi connectivity index (χ1v) is 7.36. The highest BCUT2D eigenvalue weighted by atomic mass is 16.5. The SMILES string of the molecule is COC(=O)CCNC(=O)N1C2CCC1CC(CC(=O)O)C2. The van der Waals surface area contributed by atoms with Gasteiger partial charge in [0, 0.05) is 25.0 Å². The van der Waals surface area contributed by atoms with Crippen LogP contribution in [0.2, 0.25) is 0 Å². The number of aliphatic carboxylic acids is 1. The molecule has 0 spiro atoms. The number of carboxylic acids is 1. The van der Waals surface area contributed by atoms with Gasteiger partial charge >= 0.3 is 18.0 Å². The third-order valence-corrected chi connectivity index (χ3v) is 4.36. The first-order chi connectivity index (χ1) is 10.0. The number of nitrogens with zero attached hydrogens (tertiary/aromatic N) is 1. The first-order valence-electron chi connectivity index (χ1n) is 7.36. The van der Waals surface area contributed by atoms with E-state index in [0.29, 0.717) is 0 Å². The molecule has 2 aliphatic rings. The smallest absolute Gasteiger partial charge is 0.317 e. The summed E-state index contributed by atoms with van der Waals surface area (Å²) in [7, 11) is 1.32. The highest BCUT2D eigenvalue weighted by Gasteiger charge is 2.43. The highest BCUT2D eigenvalue weighted by Crippen LogP contribution is 2.39. The molecule has 2 N–H and O–H groups in total. The lowest BCUT2D eigenvalue weighted by Gasteiger charge is -2.38. The number of urea groups is 1. The molecule has 2 rings (SSSR count). The number of esters is 1. The van der Waals surface area contributed by atoms with Gasteiger partial charge in [-0.05, 0) is 31.6 Å². The molecular formula is C14H22N2O5. The van der Waals surface area contributed by atoms with Crippen molar-refractivity contribution in [1.82, 2.24) is 10.2 Å². The van der Waals surface area contributed by atoms with Gasteiger partial charge in [-0.1, -0.05) is 0 Å². The Morgan fingerprint density at radius 2 is 1.86 bits per heavy atom. The van der Waals surface area contributed by atoms with Crippen molar-refractivity contribution in [2.45, 2.75) is 50.6 Å². The maximum absolute atomic E-state index is 12.2. The van der Waals surface area contributed by atoms with Crippen molar-refractivity contribution in [1.29, 1.82) is 0 Å². The fourth-order valence-electron chi connectivity index (χ4n) is 3.50. The van der Waals surface area contributed by atoms with Gasteiger partial charge in [0.15, 0.2) is 0 Å². The summed E-state index contributed by atoms with van der Waals surface area (Å²) < 4.78 is 4.52. The number of carbonyl (C=O) groups excluding carboxylic acids is 2. The molecule has 2 saturated heterocycles. The lowest BCUT2D eigenvalue weighted by Crippen LogP contribution is -2.51. The third-order valence-electron chi connectivity index (χ3n) is 4.36. The minimum atomic E-state index is -0.768. The predicted molar refractivity (Wildman–Crippen MR) is 73.7 cm³/mol. The third kappa shape index (κ3) is 3.86. The fourth-order valence-corrected chi connectivity index (χ4v) is 3.50. The molecule has 2 heterocycles. The molecule has 0 radical (unpaired) electrons. The van der Waals surface area contributed by atoms with E-state index in [9.17, 15) is 14.4 Å². The minimum absolute atomic E-state index is 0.131. The molecule has 7 nitrogen and oxygen atoms in total. The van der Waals surface area contributed by atoms with Crippen molar-refractivity contribution in [3.05, 3.63) is 0 Å². The molecule has 118 valence electrons. The van der Waals surface area contributed by atoms with Crippen LogP contribution in [0.15, 0.2) is 0 Å². The summed E-state index contributed by atoms with van der Waals surface area (Å²) in [6, 6.07) is 0.109. The van der Waals surface area contributed by atoms with Crippen molar-refractivity contribution in [3.8, 4) is 0 Å². The van der Waals surface area contributed by atoms with Gasteiger partial charge in [-0.3, -0.25) is 9.59 Å². The van der Waals surface area contributed by atoms with Crippen LogP contribution in [0, 0.1) is 5.92 Å². The number of carbonyl (C=O) groups is 3. The molecule has 7 heteroatoms. The molecule has 2 aliphatic heterocycles. The Morgan fingerprint density at radius 1 is 1.24 bits per heavy atom. The summed E-state index contributed by atoms with van der Waals surface area (Å²) in [4.78, 5) is 35.9. The standard InChI is InChI=1S/C14H22N2O5/c1-21-13(19)4-5-15-14(20)16-10-2-3-11(16)7-9(6-10)8-12(17)18/h9-11H,2-8H2,1H3,(H,15,20)(H,17,18). The van der Waals surface area contributed by atoms with E-state index in [-0.39, 0.29) is 49.4 Å². The van der Waals surface area contributed by atoms with E-state index in [1.165, 1.54) is 7.11 Å². The lowest BCUT2D eigenvalue weighted by atomic mass is 9.88. The Kier molecular flexibility index (Phi) is 5.03. The molecule has 2 atom stereocenters. The Bertz CT molecular complexity index is 412. The van der Waals surface area contributed by atoms with E-state index in [2.05, 4.69) is 10.1 Å². The topological polar surface area (TPSA) is 95.9 Å². The van der Waals surface area contributed by atoms with Crippen molar-refractivity contribution in [3.63, 3.8) is 0 Å². The molecule has 0 aliphatic carbocycles. The highest BCUT2D eigenvalue weighted by molar-refractivity contribution is 5.76. The molecule has 2 unspecified atom stereocenters. The van der Waals surface area contributed by atoms with Crippen LogP contribution in [-0.4, -0.2) is 53.7 Å². The summed E-state index contributed by atoms with van der Waals surface area (Å²) in [6.07, 6.45) is 3.73. The minimum Gasteiger partial charge on any atom is -0.481 e. The zero-order valence-electron chi connectivity index (χ0n) is 12.2. The van der Waals surface area contributed by atoms with Gasteiger partial charge < -0.3 is 20.1 Å². The van der Waals surface area contributed by atoms with Crippen molar-refractivity contribution in [2.75, 3.05) is 13.7 Å². The van der Waals surface area contributed by atoms with Gasteiger partial charge in [0.1, 0.15) is 0 Å². The number of fused-ring (bicyclic) bond motifs is 2. The second-order valence-electron chi connectivity index (χ2n) is 5.79. The summed E-state index contributed by atoms with van der Waals surface area (Å²) in [5, 5.41) is 11.6. The van der Waals surface area contributed by atoms with Gasteiger partial charge in [-0.25, -0.2) is 4.79 Å². The number of rotatable bonds is 5. The zero-order chi connectivity index (χ0) is 15.4. The number of hydrogen-bond donors (Lipinski definition) is 2. The molecule has 0 aromatic heterocycles. The number of nitrogens with one attached hydrogen (secondary N) is 1. The largest absolute Gasteiger partial charge is 0.481 e. The van der Waals surface area contributed by atoms with Gasteiger partial charge in [0.25, 0.3) is 0 Å². The summed E-state index contributed by atoms with van der Waals surface area (Å²) >= 11 is 0. The van der Waals surface area contributed by atoms with E-state index in [1.807, 2.05) is 4.90 Å². The van der Waals surface area contributed by atoms with Gasteiger partial charge in [-0.15, -0.1) is 0 Å². The molecule has 2 bridgehead atoms. The van der Waals surface area contributed by atoms with Crippen molar-refractivity contribution in [2.24, 2.45) is 5.92 Å². The Labute approximate surface area is 123 Å². The molecule has 0 saturated carbocycles. The van der Waals surface area contributed by atoms with Crippen molar-refractivity contribution >= 4 is 18.0 Å². The number of carboxylic acid groups (broad SMARTS) is 1. The van der Waals surface area contributed by atoms with Crippen LogP contribution in [-0.2, 0) is 14.3 Å². The lowest BCUT2D eigenvalue weighted by molar-refractivity contribution is -0.140. The van der Waals surface area contributed by atoms with Gasteiger partial charge in [0.2, 0.25) is 0 Å². The van der Waals surface area contributed by atoms with E-state index < -0.39 is 5.97 Å². The van der Waals surface area contributed by atoms with Crippen LogP contribution in [0.5, 0.6) is 0 Å². The summed E-state index contributed by atoms with van der Waals surface area (Å²) in [5.74, 6) is -0.951. The Balaban J connectivity index is 1.83. The number of hydrogen-bond acceptors (Lipinski definition) is 4. The van der Waals surface area contributed by atoms with Crippen LogP contribution in [0.3, 0.4) is 0 Å². The summed E-state index contributed by atoms with van der Waals surface area (Å²) in [5.41, 5.74) is 0. The molecular weight excluding hydrogens is 276 g/mol. The second kappa shape index (κ2) is 6.78. The van der Waals surface area contributed by atoms with Crippen LogP contribution in [0.4, 0.5) is 4.79 Å². The Morgan fingerprint density at radius 3 is 2.38 bits per heavy atom. The normalized spacial score (nSPS) is 27.3. The fraction of sp³-hybridized carbons (Fsp3) is 0.786. The van der Waals surface area contributed by atoms with Crippen molar-refractivity contribution < 1.29 is 24.2 Å². The maximum atomic E-state index is 12.2. The predicted octanol–water partition coefficient (Wildman–Crippen LogP) is 0.977. The van der Waals surface area contributed by atoms with E-state index >= 15 is 0 Å². The Hall–Kier alpha value is -1.79. The molecule has 2 fully saturated rings.